The Morgan fingerprint density at radius 2 is 2.04 bits per heavy atom. The molecule has 132 valence electrons. The third-order valence-electron chi connectivity index (χ3n) is 3.65. The summed E-state index contributed by atoms with van der Waals surface area (Å²) in [6.45, 7) is 2.14. The molecule has 8 nitrogen and oxygen atoms in total. The minimum Gasteiger partial charge on any atom is -0.454 e. The summed E-state index contributed by atoms with van der Waals surface area (Å²) in [5.41, 5.74) is 1.36. The first-order valence-corrected chi connectivity index (χ1v) is 7.99. The summed E-state index contributed by atoms with van der Waals surface area (Å²) in [5, 5.41) is 6.02. The van der Waals surface area contributed by atoms with Crippen LogP contribution < -0.4 is 20.1 Å². The van der Waals surface area contributed by atoms with Crippen LogP contribution in [0.2, 0.25) is 0 Å². The maximum Gasteiger partial charge on any atom is 0.270 e. The number of ether oxygens (including phenoxy) is 2. The van der Waals surface area contributed by atoms with Crippen molar-refractivity contribution in [2.75, 3.05) is 39.3 Å². The molecule has 0 saturated carbocycles. The van der Waals surface area contributed by atoms with E-state index in [1.807, 2.05) is 37.2 Å². The Labute approximate surface area is 146 Å². The normalized spacial score (nSPS) is 12.3. The molecule has 2 N–H and O–H groups in total. The molecule has 1 aromatic heterocycles. The Morgan fingerprint density at radius 3 is 2.88 bits per heavy atom. The Hall–Kier alpha value is -2.87. The second-order valence-electron chi connectivity index (χ2n) is 5.89. The smallest absolute Gasteiger partial charge is 0.270 e. The SMILES string of the molecule is CN(C)CCNC(=O)c1cc(NCc2ccc3c(c2)OCO3)ncn1. The van der Waals surface area contributed by atoms with Gasteiger partial charge >= 0.3 is 0 Å². The third-order valence-corrected chi connectivity index (χ3v) is 3.65. The third kappa shape index (κ3) is 4.57. The van der Waals surface area contributed by atoms with E-state index >= 15 is 0 Å². The number of hydrogen-bond donors (Lipinski definition) is 2. The van der Waals surface area contributed by atoms with E-state index in [0.29, 0.717) is 24.6 Å². The number of fused-ring (bicyclic) bond motifs is 1. The van der Waals surface area contributed by atoms with Crippen LogP contribution in [0.25, 0.3) is 0 Å². The molecule has 0 atom stereocenters. The lowest BCUT2D eigenvalue weighted by atomic mass is 10.2. The minimum absolute atomic E-state index is 0.213. The van der Waals surface area contributed by atoms with E-state index in [4.69, 9.17) is 9.47 Å². The zero-order chi connectivity index (χ0) is 17.6. The molecule has 1 aromatic carbocycles. The van der Waals surface area contributed by atoms with Gasteiger partial charge in [0, 0.05) is 25.7 Å². The molecule has 2 heterocycles. The van der Waals surface area contributed by atoms with Crippen molar-refractivity contribution < 1.29 is 14.3 Å². The van der Waals surface area contributed by atoms with E-state index in [2.05, 4.69) is 20.6 Å². The van der Waals surface area contributed by atoms with Crippen LogP contribution in [-0.4, -0.2) is 54.8 Å². The maximum absolute atomic E-state index is 12.1. The number of nitrogens with zero attached hydrogens (tertiary/aromatic N) is 3. The fourth-order valence-corrected chi connectivity index (χ4v) is 2.31. The Morgan fingerprint density at radius 1 is 1.20 bits per heavy atom. The lowest BCUT2D eigenvalue weighted by Crippen LogP contribution is -2.31. The summed E-state index contributed by atoms with van der Waals surface area (Å²) in [6.07, 6.45) is 1.38. The van der Waals surface area contributed by atoms with Crippen molar-refractivity contribution in [3.05, 3.63) is 41.9 Å². The molecule has 2 aromatic rings. The quantitative estimate of drug-likeness (QED) is 0.778. The number of amides is 1. The standard InChI is InChI=1S/C17H21N5O3/c1-22(2)6-5-18-17(23)13-8-16(21-10-20-13)19-9-12-3-4-14-15(7-12)25-11-24-14/h3-4,7-8,10H,5-6,9,11H2,1-2H3,(H,18,23)(H,19,20,21). The molecule has 1 amide bonds. The molecule has 8 heteroatoms. The van der Waals surface area contributed by atoms with Crippen LogP contribution in [0.1, 0.15) is 16.1 Å². The van der Waals surface area contributed by atoms with Gasteiger partial charge in [0.2, 0.25) is 6.79 Å². The Kier molecular flexibility index (Phi) is 5.30. The van der Waals surface area contributed by atoms with Crippen molar-refractivity contribution in [2.24, 2.45) is 0 Å². The summed E-state index contributed by atoms with van der Waals surface area (Å²) in [6, 6.07) is 7.39. The molecule has 3 rings (SSSR count). The maximum atomic E-state index is 12.1. The molecule has 0 aliphatic carbocycles. The van der Waals surface area contributed by atoms with E-state index in [1.165, 1.54) is 6.33 Å². The lowest BCUT2D eigenvalue weighted by molar-refractivity contribution is 0.0946. The highest BCUT2D eigenvalue weighted by Crippen LogP contribution is 2.32. The topological polar surface area (TPSA) is 88.6 Å². The van der Waals surface area contributed by atoms with Gasteiger partial charge in [0.25, 0.3) is 5.91 Å². The van der Waals surface area contributed by atoms with Gasteiger partial charge < -0.3 is 25.0 Å². The molecular weight excluding hydrogens is 322 g/mol. The van der Waals surface area contributed by atoms with Gasteiger partial charge in [-0.05, 0) is 31.8 Å². The fourth-order valence-electron chi connectivity index (χ4n) is 2.31. The average Bonchev–Trinajstić information content (AvgIpc) is 3.07. The predicted molar refractivity (Wildman–Crippen MR) is 92.8 cm³/mol. The van der Waals surface area contributed by atoms with Gasteiger partial charge in [-0.1, -0.05) is 6.07 Å². The first-order valence-electron chi connectivity index (χ1n) is 7.99. The molecule has 0 fully saturated rings. The van der Waals surface area contributed by atoms with Gasteiger partial charge in [-0.3, -0.25) is 4.79 Å². The largest absolute Gasteiger partial charge is 0.454 e. The first kappa shape index (κ1) is 17.0. The Bertz CT molecular complexity index is 751. The summed E-state index contributed by atoms with van der Waals surface area (Å²) in [5.74, 6) is 1.87. The van der Waals surface area contributed by atoms with Gasteiger partial charge in [-0.25, -0.2) is 9.97 Å². The summed E-state index contributed by atoms with van der Waals surface area (Å²) in [4.78, 5) is 22.3. The monoisotopic (exact) mass is 343 g/mol. The minimum atomic E-state index is -0.213. The van der Waals surface area contributed by atoms with Crippen LogP contribution in [0.15, 0.2) is 30.6 Å². The zero-order valence-electron chi connectivity index (χ0n) is 14.3. The van der Waals surface area contributed by atoms with Crippen molar-refractivity contribution >= 4 is 11.7 Å². The molecule has 1 aliphatic rings. The van der Waals surface area contributed by atoms with Gasteiger partial charge in [0.05, 0.1) is 0 Å². The first-order chi connectivity index (χ1) is 12.1. The zero-order valence-corrected chi connectivity index (χ0v) is 14.3. The fraction of sp³-hybridized carbons (Fsp3) is 0.353. The summed E-state index contributed by atoms with van der Waals surface area (Å²) in [7, 11) is 3.91. The van der Waals surface area contributed by atoms with E-state index in [-0.39, 0.29) is 12.7 Å². The number of carbonyl (C=O) groups excluding carboxylic acids is 1. The molecule has 0 saturated heterocycles. The van der Waals surface area contributed by atoms with E-state index in [0.717, 1.165) is 23.6 Å². The van der Waals surface area contributed by atoms with Gasteiger partial charge in [-0.2, -0.15) is 0 Å². The van der Waals surface area contributed by atoms with Crippen LogP contribution in [0.5, 0.6) is 11.5 Å². The van der Waals surface area contributed by atoms with Gasteiger partial charge in [-0.15, -0.1) is 0 Å². The molecule has 1 aliphatic heterocycles. The van der Waals surface area contributed by atoms with Crippen LogP contribution in [0.3, 0.4) is 0 Å². The van der Waals surface area contributed by atoms with E-state index in [9.17, 15) is 4.79 Å². The number of carbonyl (C=O) groups is 1. The van der Waals surface area contributed by atoms with Crippen LogP contribution in [0, 0.1) is 0 Å². The second kappa shape index (κ2) is 7.80. The van der Waals surface area contributed by atoms with Gasteiger partial charge in [0.1, 0.15) is 17.8 Å². The molecule has 0 radical (unpaired) electrons. The van der Waals surface area contributed by atoms with Crippen molar-refractivity contribution in [3.63, 3.8) is 0 Å². The number of anilines is 1. The summed E-state index contributed by atoms with van der Waals surface area (Å²) < 4.78 is 10.7. The van der Waals surface area contributed by atoms with Crippen molar-refractivity contribution in [1.82, 2.24) is 20.2 Å². The molecular formula is C17H21N5O3. The number of rotatable bonds is 7. The van der Waals surface area contributed by atoms with Gasteiger partial charge in [0.15, 0.2) is 11.5 Å². The van der Waals surface area contributed by atoms with E-state index in [1.54, 1.807) is 6.07 Å². The second-order valence-corrected chi connectivity index (χ2v) is 5.89. The summed E-state index contributed by atoms with van der Waals surface area (Å²) >= 11 is 0. The highest BCUT2D eigenvalue weighted by atomic mass is 16.7. The molecule has 0 unspecified atom stereocenters. The van der Waals surface area contributed by atoms with Crippen LogP contribution in [-0.2, 0) is 6.54 Å². The number of likely N-dealkylation sites (N-methyl/N-ethyl adjacent to an activating group) is 1. The lowest BCUT2D eigenvalue weighted by Gasteiger charge is -2.11. The van der Waals surface area contributed by atoms with Crippen LogP contribution >= 0.6 is 0 Å². The van der Waals surface area contributed by atoms with Crippen molar-refractivity contribution in [2.45, 2.75) is 6.54 Å². The average molecular weight is 343 g/mol. The van der Waals surface area contributed by atoms with Crippen molar-refractivity contribution in [1.29, 1.82) is 0 Å². The number of aromatic nitrogens is 2. The number of hydrogen-bond acceptors (Lipinski definition) is 7. The van der Waals surface area contributed by atoms with Crippen LogP contribution in [0.4, 0.5) is 5.82 Å². The highest BCUT2D eigenvalue weighted by molar-refractivity contribution is 5.92. The highest BCUT2D eigenvalue weighted by Gasteiger charge is 2.13. The van der Waals surface area contributed by atoms with E-state index < -0.39 is 0 Å². The molecule has 0 spiro atoms. The number of benzene rings is 1. The number of nitrogens with one attached hydrogen (secondary N) is 2. The van der Waals surface area contributed by atoms with Crippen molar-refractivity contribution in [3.8, 4) is 11.5 Å². The Balaban J connectivity index is 1.57. The molecule has 0 bridgehead atoms. The molecule has 25 heavy (non-hydrogen) atoms. The predicted octanol–water partition coefficient (Wildman–Crippen LogP) is 1.11.